The Balaban J connectivity index is 2.11. The zero-order valence-electron chi connectivity index (χ0n) is 9.24. The van der Waals surface area contributed by atoms with Crippen LogP contribution in [0, 0.1) is 0 Å². The van der Waals surface area contributed by atoms with E-state index in [4.69, 9.17) is 10.3 Å². The lowest BCUT2D eigenvalue weighted by Crippen LogP contribution is -2.08. The van der Waals surface area contributed by atoms with Gasteiger partial charge in [-0.2, -0.15) is 18.2 Å². The molecule has 0 unspecified atom stereocenters. The summed E-state index contributed by atoms with van der Waals surface area (Å²) in [5.41, 5.74) is 6.71. The highest BCUT2D eigenvalue weighted by Crippen LogP contribution is 2.23. The van der Waals surface area contributed by atoms with Gasteiger partial charge in [0.1, 0.15) is 0 Å². The molecule has 0 aliphatic carbocycles. The Kier molecular flexibility index (Phi) is 3.22. The number of aromatic nitrogens is 2. The van der Waals surface area contributed by atoms with Gasteiger partial charge in [-0.05, 0) is 12.1 Å². The fraction of sp³-hybridized carbons (Fsp3) is 0.273. The fourth-order valence-corrected chi connectivity index (χ4v) is 1.40. The molecule has 0 spiro atoms. The van der Waals surface area contributed by atoms with Crippen LogP contribution in [-0.2, 0) is 6.42 Å². The minimum Gasteiger partial charge on any atom is -0.399 e. The number of benzene rings is 1. The normalized spacial score (nSPS) is 11.7. The predicted octanol–water partition coefficient (Wildman–Crippen LogP) is 2.81. The van der Waals surface area contributed by atoms with Crippen LogP contribution in [0.3, 0.4) is 0 Å². The summed E-state index contributed by atoms with van der Waals surface area (Å²) in [6, 6.07) is 6.72. The van der Waals surface area contributed by atoms with Gasteiger partial charge in [-0.15, -0.1) is 0 Å². The summed E-state index contributed by atoms with van der Waals surface area (Å²) in [7, 11) is 0. The monoisotopic (exact) mass is 257 g/mol. The third kappa shape index (κ3) is 3.22. The minimum atomic E-state index is -4.23. The van der Waals surface area contributed by atoms with Crippen molar-refractivity contribution >= 4 is 5.69 Å². The number of anilines is 1. The molecule has 0 saturated heterocycles. The largest absolute Gasteiger partial charge is 0.399 e. The average Bonchev–Trinajstić information content (AvgIpc) is 2.74. The summed E-state index contributed by atoms with van der Waals surface area (Å²) < 4.78 is 40.8. The van der Waals surface area contributed by atoms with Gasteiger partial charge in [0.2, 0.25) is 11.7 Å². The number of nitrogen functional groups attached to an aromatic ring is 1. The highest BCUT2D eigenvalue weighted by molar-refractivity contribution is 5.60. The molecule has 1 aromatic carbocycles. The molecular weight excluding hydrogens is 247 g/mol. The molecule has 0 atom stereocenters. The summed E-state index contributed by atoms with van der Waals surface area (Å²) in [6.45, 7) is 0. The van der Waals surface area contributed by atoms with Crippen LogP contribution in [0.15, 0.2) is 28.8 Å². The van der Waals surface area contributed by atoms with Crippen molar-refractivity contribution in [2.75, 3.05) is 5.73 Å². The Labute approximate surface area is 101 Å². The molecule has 1 heterocycles. The molecule has 2 aromatic rings. The molecule has 0 bridgehead atoms. The minimum absolute atomic E-state index is 0.0373. The summed E-state index contributed by atoms with van der Waals surface area (Å²) >= 11 is 0. The van der Waals surface area contributed by atoms with Gasteiger partial charge in [0.25, 0.3) is 0 Å². The molecule has 0 aliphatic rings. The molecule has 18 heavy (non-hydrogen) atoms. The lowest BCUT2D eigenvalue weighted by Gasteiger charge is -2.01. The van der Waals surface area contributed by atoms with Gasteiger partial charge in [-0.3, -0.25) is 0 Å². The summed E-state index contributed by atoms with van der Waals surface area (Å²) in [4.78, 5) is 3.89. The van der Waals surface area contributed by atoms with Crippen molar-refractivity contribution in [1.29, 1.82) is 0 Å². The number of rotatable bonds is 3. The van der Waals surface area contributed by atoms with Crippen molar-refractivity contribution < 1.29 is 17.7 Å². The van der Waals surface area contributed by atoms with E-state index in [1.165, 1.54) is 0 Å². The summed E-state index contributed by atoms with van der Waals surface area (Å²) in [5, 5.41) is 3.62. The molecular formula is C11H10F3N3O. The van der Waals surface area contributed by atoms with Crippen LogP contribution in [0.25, 0.3) is 11.4 Å². The molecule has 2 rings (SSSR count). The van der Waals surface area contributed by atoms with Crippen LogP contribution in [0.4, 0.5) is 18.9 Å². The zero-order valence-corrected chi connectivity index (χ0v) is 9.24. The zero-order chi connectivity index (χ0) is 13.2. The molecule has 0 amide bonds. The van der Waals surface area contributed by atoms with Gasteiger partial charge in [-0.25, -0.2) is 0 Å². The predicted molar refractivity (Wildman–Crippen MR) is 58.5 cm³/mol. The molecule has 96 valence electrons. The Hall–Kier alpha value is -2.05. The van der Waals surface area contributed by atoms with Gasteiger partial charge < -0.3 is 10.3 Å². The second-order valence-corrected chi connectivity index (χ2v) is 3.75. The van der Waals surface area contributed by atoms with E-state index in [1.807, 2.05) is 0 Å². The van der Waals surface area contributed by atoms with Crippen LogP contribution in [0.2, 0.25) is 0 Å². The maximum Gasteiger partial charge on any atom is 0.389 e. The fourth-order valence-electron chi connectivity index (χ4n) is 1.40. The summed E-state index contributed by atoms with van der Waals surface area (Å²) in [5.74, 6) is 0.198. The van der Waals surface area contributed by atoms with Gasteiger partial charge in [0.05, 0.1) is 6.42 Å². The molecule has 4 nitrogen and oxygen atoms in total. The molecule has 7 heteroatoms. The lowest BCUT2D eigenvalue weighted by molar-refractivity contribution is -0.134. The van der Waals surface area contributed by atoms with Crippen molar-refractivity contribution in [2.45, 2.75) is 19.0 Å². The number of hydrogen-bond donors (Lipinski definition) is 1. The standard InChI is InChI=1S/C11H10F3N3O/c12-11(13,14)5-4-9-16-10(17-18-9)7-2-1-3-8(15)6-7/h1-3,6H,4-5,15H2. The maximum atomic E-state index is 12.0. The van der Waals surface area contributed by atoms with Crippen LogP contribution in [0.5, 0.6) is 0 Å². The quantitative estimate of drug-likeness (QED) is 0.858. The number of nitrogens with zero attached hydrogens (tertiary/aromatic N) is 2. The van der Waals surface area contributed by atoms with Gasteiger partial charge in [-0.1, -0.05) is 17.3 Å². The van der Waals surface area contributed by atoms with E-state index in [0.29, 0.717) is 11.3 Å². The maximum absolute atomic E-state index is 12.0. The topological polar surface area (TPSA) is 64.9 Å². The van der Waals surface area contributed by atoms with E-state index in [-0.39, 0.29) is 18.1 Å². The van der Waals surface area contributed by atoms with E-state index in [0.717, 1.165) is 0 Å². The van der Waals surface area contributed by atoms with E-state index in [1.54, 1.807) is 24.3 Å². The van der Waals surface area contributed by atoms with Gasteiger partial charge in [0.15, 0.2) is 0 Å². The first-order valence-corrected chi connectivity index (χ1v) is 5.19. The Morgan fingerprint density at radius 1 is 1.28 bits per heavy atom. The van der Waals surface area contributed by atoms with Gasteiger partial charge >= 0.3 is 6.18 Å². The van der Waals surface area contributed by atoms with E-state index >= 15 is 0 Å². The number of halogens is 3. The van der Waals surface area contributed by atoms with Crippen LogP contribution in [-0.4, -0.2) is 16.3 Å². The highest BCUT2D eigenvalue weighted by atomic mass is 19.4. The van der Waals surface area contributed by atoms with E-state index in [9.17, 15) is 13.2 Å². The lowest BCUT2D eigenvalue weighted by atomic mass is 10.2. The summed E-state index contributed by atoms with van der Waals surface area (Å²) in [6.07, 6.45) is -5.53. The molecule has 0 radical (unpaired) electrons. The first kappa shape index (κ1) is 12.4. The number of hydrogen-bond acceptors (Lipinski definition) is 4. The molecule has 0 aliphatic heterocycles. The number of nitrogens with two attached hydrogens (primary N) is 1. The van der Waals surface area contributed by atoms with Crippen molar-refractivity contribution in [3.63, 3.8) is 0 Å². The molecule has 1 aromatic heterocycles. The molecule has 0 fully saturated rings. The van der Waals surface area contributed by atoms with Gasteiger partial charge in [0, 0.05) is 17.7 Å². The van der Waals surface area contributed by atoms with Crippen molar-refractivity contribution in [3.05, 3.63) is 30.2 Å². The van der Waals surface area contributed by atoms with Crippen LogP contribution < -0.4 is 5.73 Å². The molecule has 0 saturated carbocycles. The smallest absolute Gasteiger partial charge is 0.389 e. The van der Waals surface area contributed by atoms with Crippen LogP contribution >= 0.6 is 0 Å². The third-order valence-corrected chi connectivity index (χ3v) is 2.24. The van der Waals surface area contributed by atoms with Crippen molar-refractivity contribution in [3.8, 4) is 11.4 Å². The van der Waals surface area contributed by atoms with E-state index < -0.39 is 12.6 Å². The van der Waals surface area contributed by atoms with Crippen LogP contribution in [0.1, 0.15) is 12.3 Å². The van der Waals surface area contributed by atoms with E-state index in [2.05, 4.69) is 10.1 Å². The second kappa shape index (κ2) is 4.67. The number of aryl methyl sites for hydroxylation is 1. The molecule has 2 N–H and O–H groups in total. The third-order valence-electron chi connectivity index (χ3n) is 2.24. The Morgan fingerprint density at radius 2 is 2.06 bits per heavy atom. The Bertz CT molecular complexity index is 536. The number of alkyl halides is 3. The van der Waals surface area contributed by atoms with Crippen molar-refractivity contribution in [1.82, 2.24) is 10.1 Å². The Morgan fingerprint density at radius 3 is 2.72 bits per heavy atom. The first-order valence-electron chi connectivity index (χ1n) is 5.19. The second-order valence-electron chi connectivity index (χ2n) is 3.75. The highest BCUT2D eigenvalue weighted by Gasteiger charge is 2.27. The average molecular weight is 257 g/mol. The van der Waals surface area contributed by atoms with Crippen molar-refractivity contribution in [2.24, 2.45) is 0 Å². The SMILES string of the molecule is Nc1cccc(-c2noc(CCC(F)(F)F)n2)c1. The first-order chi connectivity index (χ1) is 8.44.